The smallest absolute Gasteiger partial charge is 0.191 e. The molecule has 2 atom stereocenters. The van der Waals surface area contributed by atoms with E-state index in [0.29, 0.717) is 12.0 Å². The number of benzene rings is 1. The number of guanidine groups is 1. The predicted molar refractivity (Wildman–Crippen MR) is 117 cm³/mol. The Kier molecular flexibility index (Phi) is 8.21. The fourth-order valence-corrected chi connectivity index (χ4v) is 3.05. The van der Waals surface area contributed by atoms with Gasteiger partial charge in [0.15, 0.2) is 5.96 Å². The van der Waals surface area contributed by atoms with Gasteiger partial charge in [0, 0.05) is 48.5 Å². The fourth-order valence-electron chi connectivity index (χ4n) is 2.78. The van der Waals surface area contributed by atoms with Gasteiger partial charge in [-0.1, -0.05) is 28.1 Å². The van der Waals surface area contributed by atoms with Crippen LogP contribution >= 0.6 is 39.9 Å². The summed E-state index contributed by atoms with van der Waals surface area (Å²) in [5.41, 5.74) is 1.39. The minimum atomic E-state index is 0. The number of aryl methyl sites for hydroxylation is 1. The van der Waals surface area contributed by atoms with Gasteiger partial charge in [0.25, 0.3) is 0 Å². The molecule has 25 heavy (non-hydrogen) atoms. The molecule has 1 aliphatic carbocycles. The van der Waals surface area contributed by atoms with Crippen molar-refractivity contribution >= 4 is 45.9 Å². The zero-order valence-corrected chi connectivity index (χ0v) is 18.3. The minimum Gasteiger partial charge on any atom is -0.357 e. The highest BCUT2D eigenvalue weighted by Gasteiger charge is 2.38. The zero-order chi connectivity index (χ0) is 16.8. The molecule has 1 aliphatic rings. The van der Waals surface area contributed by atoms with Crippen LogP contribution in [0.1, 0.15) is 31.2 Å². The zero-order valence-electron chi connectivity index (χ0n) is 14.4. The van der Waals surface area contributed by atoms with Gasteiger partial charge in [0.05, 0.1) is 0 Å². The summed E-state index contributed by atoms with van der Waals surface area (Å²) < 4.78 is 3.07. The number of nitrogens with one attached hydrogen (secondary N) is 2. The summed E-state index contributed by atoms with van der Waals surface area (Å²) in [4.78, 5) is 4.68. The lowest BCUT2D eigenvalue weighted by Gasteiger charge is -2.11. The molecule has 1 heterocycles. The van der Waals surface area contributed by atoms with Crippen LogP contribution in [0, 0.1) is 0 Å². The van der Waals surface area contributed by atoms with E-state index < -0.39 is 0 Å². The van der Waals surface area contributed by atoms with Crippen LogP contribution in [-0.2, 0) is 6.54 Å². The van der Waals surface area contributed by atoms with Crippen LogP contribution in [0.15, 0.2) is 52.2 Å². The Bertz CT molecular complexity index is 657. The molecule has 1 aromatic heterocycles. The Morgan fingerprint density at radius 3 is 2.84 bits per heavy atom. The molecule has 3 rings (SSSR count). The highest BCUT2D eigenvalue weighted by Crippen LogP contribution is 2.40. The van der Waals surface area contributed by atoms with E-state index in [0.717, 1.165) is 36.5 Å². The lowest BCUT2D eigenvalue weighted by atomic mass is 10.1. The number of halogens is 2. The second kappa shape index (κ2) is 10.2. The maximum Gasteiger partial charge on any atom is 0.191 e. The van der Waals surface area contributed by atoms with E-state index in [1.165, 1.54) is 12.0 Å². The summed E-state index contributed by atoms with van der Waals surface area (Å²) in [7, 11) is 0. The summed E-state index contributed by atoms with van der Waals surface area (Å²) in [6, 6.07) is 11.0. The standard InChI is InChI=1S/C18H24BrN5.HI/c1-2-20-18(21-9-3-11-24-12-4-10-22-24)23-17-13-16(17)14-5-7-15(19)8-6-14;/h4-8,10,12,16-17H,2-3,9,11,13H2,1H3,(H2,20,21,23);1H. The lowest BCUT2D eigenvalue weighted by Crippen LogP contribution is -2.39. The molecule has 0 aliphatic heterocycles. The van der Waals surface area contributed by atoms with E-state index in [1.807, 2.05) is 23.1 Å². The molecule has 1 saturated carbocycles. The minimum absolute atomic E-state index is 0. The van der Waals surface area contributed by atoms with Crippen LogP contribution < -0.4 is 10.6 Å². The van der Waals surface area contributed by atoms with E-state index >= 15 is 0 Å². The quantitative estimate of drug-likeness (QED) is 0.254. The van der Waals surface area contributed by atoms with Crippen molar-refractivity contribution in [2.24, 2.45) is 4.99 Å². The van der Waals surface area contributed by atoms with Gasteiger partial charge in [-0.3, -0.25) is 9.67 Å². The van der Waals surface area contributed by atoms with Crippen molar-refractivity contribution in [1.29, 1.82) is 0 Å². The molecule has 0 saturated heterocycles. The third-order valence-electron chi connectivity index (χ3n) is 4.13. The maximum absolute atomic E-state index is 4.68. The normalized spacial score (nSPS) is 19.2. The topological polar surface area (TPSA) is 54.2 Å². The molecule has 0 spiro atoms. The number of hydrogen-bond donors (Lipinski definition) is 2. The van der Waals surface area contributed by atoms with Crippen molar-refractivity contribution in [2.45, 2.75) is 38.3 Å². The molecule has 136 valence electrons. The first-order chi connectivity index (χ1) is 11.8. The number of nitrogens with zero attached hydrogens (tertiary/aromatic N) is 3. The number of hydrogen-bond acceptors (Lipinski definition) is 2. The Morgan fingerprint density at radius 1 is 1.36 bits per heavy atom. The molecular weight excluding hydrogens is 493 g/mol. The summed E-state index contributed by atoms with van der Waals surface area (Å²) >= 11 is 3.49. The average molecular weight is 518 g/mol. The van der Waals surface area contributed by atoms with Crippen LogP contribution in [-0.4, -0.2) is 34.9 Å². The van der Waals surface area contributed by atoms with E-state index in [2.05, 4.69) is 67.8 Å². The van der Waals surface area contributed by atoms with Gasteiger partial charge in [0.2, 0.25) is 0 Å². The van der Waals surface area contributed by atoms with Gasteiger partial charge in [-0.05, 0) is 43.5 Å². The monoisotopic (exact) mass is 517 g/mol. The van der Waals surface area contributed by atoms with Crippen LogP contribution in [0.3, 0.4) is 0 Å². The second-order valence-electron chi connectivity index (χ2n) is 6.03. The van der Waals surface area contributed by atoms with Gasteiger partial charge in [0.1, 0.15) is 0 Å². The Labute approximate surface area is 174 Å². The van der Waals surface area contributed by atoms with Crippen molar-refractivity contribution in [3.8, 4) is 0 Å². The second-order valence-corrected chi connectivity index (χ2v) is 6.94. The molecule has 0 radical (unpaired) electrons. The molecule has 1 aromatic carbocycles. The van der Waals surface area contributed by atoms with Crippen molar-refractivity contribution in [1.82, 2.24) is 20.4 Å². The van der Waals surface area contributed by atoms with E-state index in [4.69, 9.17) is 0 Å². The van der Waals surface area contributed by atoms with E-state index in [1.54, 1.807) is 0 Å². The number of aliphatic imine (C=N–C) groups is 1. The van der Waals surface area contributed by atoms with Gasteiger partial charge >= 0.3 is 0 Å². The van der Waals surface area contributed by atoms with Crippen molar-refractivity contribution in [2.75, 3.05) is 13.1 Å². The Balaban J connectivity index is 0.00000225. The van der Waals surface area contributed by atoms with Crippen LogP contribution in [0.25, 0.3) is 0 Å². The molecular formula is C18H25BrIN5. The third-order valence-corrected chi connectivity index (χ3v) is 4.66. The van der Waals surface area contributed by atoms with Gasteiger partial charge in [-0.15, -0.1) is 24.0 Å². The van der Waals surface area contributed by atoms with Gasteiger partial charge < -0.3 is 10.6 Å². The highest BCUT2D eigenvalue weighted by atomic mass is 127. The van der Waals surface area contributed by atoms with Crippen molar-refractivity contribution < 1.29 is 0 Å². The first kappa shape index (κ1) is 20.2. The predicted octanol–water partition coefficient (Wildman–Crippen LogP) is 3.76. The highest BCUT2D eigenvalue weighted by molar-refractivity contribution is 14.0. The maximum atomic E-state index is 4.68. The summed E-state index contributed by atoms with van der Waals surface area (Å²) in [5, 5.41) is 11.1. The van der Waals surface area contributed by atoms with Gasteiger partial charge in [-0.2, -0.15) is 5.10 Å². The summed E-state index contributed by atoms with van der Waals surface area (Å²) in [6.07, 6.45) is 5.95. The molecule has 1 fully saturated rings. The van der Waals surface area contributed by atoms with E-state index in [-0.39, 0.29) is 24.0 Å². The molecule has 0 amide bonds. The number of rotatable bonds is 7. The SMILES string of the molecule is CCNC(=NCCCn1cccn1)NC1CC1c1ccc(Br)cc1.I. The molecule has 2 N–H and O–H groups in total. The van der Waals surface area contributed by atoms with Crippen molar-refractivity contribution in [3.63, 3.8) is 0 Å². The van der Waals surface area contributed by atoms with Crippen LogP contribution in [0.4, 0.5) is 0 Å². The Hall–Kier alpha value is -1.09. The first-order valence-corrected chi connectivity index (χ1v) is 9.33. The lowest BCUT2D eigenvalue weighted by molar-refractivity contribution is 0.583. The van der Waals surface area contributed by atoms with Crippen LogP contribution in [0.5, 0.6) is 0 Å². The fraction of sp³-hybridized carbons (Fsp3) is 0.444. The molecule has 2 unspecified atom stereocenters. The summed E-state index contributed by atoms with van der Waals surface area (Å²) in [6.45, 7) is 4.67. The van der Waals surface area contributed by atoms with Crippen molar-refractivity contribution in [3.05, 3.63) is 52.8 Å². The van der Waals surface area contributed by atoms with Crippen LogP contribution in [0.2, 0.25) is 0 Å². The molecule has 7 heteroatoms. The average Bonchev–Trinajstić information content (AvgIpc) is 3.14. The summed E-state index contributed by atoms with van der Waals surface area (Å²) in [5.74, 6) is 1.51. The number of aromatic nitrogens is 2. The Morgan fingerprint density at radius 2 is 2.16 bits per heavy atom. The molecule has 2 aromatic rings. The third kappa shape index (κ3) is 6.29. The largest absolute Gasteiger partial charge is 0.357 e. The first-order valence-electron chi connectivity index (χ1n) is 8.54. The molecule has 0 bridgehead atoms. The molecule has 5 nitrogen and oxygen atoms in total. The van der Waals surface area contributed by atoms with Gasteiger partial charge in [-0.25, -0.2) is 0 Å². The van der Waals surface area contributed by atoms with E-state index in [9.17, 15) is 0 Å².